The number of hydrogen-bond acceptors (Lipinski definition) is 5. The van der Waals surface area contributed by atoms with E-state index in [2.05, 4.69) is 11.8 Å². The molecule has 2 heterocycles. The first kappa shape index (κ1) is 17.7. The molecule has 128 valence electrons. The summed E-state index contributed by atoms with van der Waals surface area (Å²) in [5.41, 5.74) is 0. The topological polar surface area (TPSA) is 58.8 Å². The maximum atomic E-state index is 12.2. The molecule has 0 aromatic rings. The molecule has 0 spiro atoms. The van der Waals surface area contributed by atoms with Crippen LogP contribution in [0.15, 0.2) is 0 Å². The Morgan fingerprint density at radius 3 is 2.64 bits per heavy atom. The number of unbranched alkanes of at least 4 members (excludes halogenated alkanes) is 3. The summed E-state index contributed by atoms with van der Waals surface area (Å²) in [6.07, 6.45) is 8.95. The van der Waals surface area contributed by atoms with E-state index >= 15 is 0 Å². The lowest BCUT2D eigenvalue weighted by Crippen LogP contribution is -2.51. The van der Waals surface area contributed by atoms with E-state index in [4.69, 9.17) is 10.6 Å². The smallest absolute Gasteiger partial charge is 0.310 e. The number of nitrogens with two attached hydrogens (primary N) is 1. The molecule has 1 unspecified atom stereocenters. The summed E-state index contributed by atoms with van der Waals surface area (Å²) in [6.45, 7) is 6.72. The van der Waals surface area contributed by atoms with Gasteiger partial charge >= 0.3 is 5.97 Å². The second-order valence-electron chi connectivity index (χ2n) is 6.83. The fourth-order valence-electron chi connectivity index (χ4n) is 3.60. The maximum Gasteiger partial charge on any atom is 0.310 e. The highest BCUT2D eigenvalue weighted by Gasteiger charge is 2.31. The van der Waals surface area contributed by atoms with Crippen molar-refractivity contribution in [1.82, 2.24) is 9.91 Å². The zero-order chi connectivity index (χ0) is 15.8. The summed E-state index contributed by atoms with van der Waals surface area (Å²) < 4.78 is 5.49. The SMILES string of the molecule is CCCCCCOC(=O)C1CCCN(C2CCN(N)CC2)C1. The third-order valence-corrected chi connectivity index (χ3v) is 5.04. The van der Waals surface area contributed by atoms with Crippen LogP contribution >= 0.6 is 0 Å². The Bertz CT molecular complexity index is 330. The van der Waals surface area contributed by atoms with Crippen molar-refractivity contribution in [1.29, 1.82) is 0 Å². The van der Waals surface area contributed by atoms with E-state index in [0.717, 1.165) is 64.7 Å². The number of likely N-dealkylation sites (tertiary alicyclic amines) is 1. The van der Waals surface area contributed by atoms with E-state index in [1.807, 2.05) is 5.01 Å². The quantitative estimate of drug-likeness (QED) is 0.443. The van der Waals surface area contributed by atoms with Crippen LogP contribution in [0.1, 0.15) is 58.3 Å². The van der Waals surface area contributed by atoms with Gasteiger partial charge < -0.3 is 4.74 Å². The van der Waals surface area contributed by atoms with Crippen LogP contribution in [-0.4, -0.2) is 54.7 Å². The summed E-state index contributed by atoms with van der Waals surface area (Å²) in [6, 6.07) is 0.597. The first-order valence-corrected chi connectivity index (χ1v) is 9.11. The Hall–Kier alpha value is -0.650. The van der Waals surface area contributed by atoms with Gasteiger partial charge in [0, 0.05) is 25.7 Å². The van der Waals surface area contributed by atoms with E-state index in [1.165, 1.54) is 12.8 Å². The number of carbonyl (C=O) groups excluding carboxylic acids is 1. The standard InChI is InChI=1S/C17H33N3O2/c1-2-3-4-5-13-22-17(21)15-7-6-10-19(14-15)16-8-11-20(18)12-9-16/h15-16H,2-14,18H2,1H3. The van der Waals surface area contributed by atoms with Crippen LogP contribution in [0.3, 0.4) is 0 Å². The molecular formula is C17H33N3O2. The highest BCUT2D eigenvalue weighted by atomic mass is 16.5. The van der Waals surface area contributed by atoms with Crippen molar-refractivity contribution in [2.75, 3.05) is 32.8 Å². The molecule has 0 aromatic heterocycles. The minimum atomic E-state index is 0.0254. The minimum absolute atomic E-state index is 0.0254. The van der Waals surface area contributed by atoms with Crippen LogP contribution in [0.4, 0.5) is 0 Å². The van der Waals surface area contributed by atoms with Crippen molar-refractivity contribution in [2.24, 2.45) is 11.8 Å². The Morgan fingerprint density at radius 2 is 1.91 bits per heavy atom. The number of piperidine rings is 2. The molecule has 0 radical (unpaired) electrons. The molecule has 0 bridgehead atoms. The molecule has 22 heavy (non-hydrogen) atoms. The fraction of sp³-hybridized carbons (Fsp3) is 0.941. The van der Waals surface area contributed by atoms with Gasteiger partial charge in [-0.25, -0.2) is 5.01 Å². The van der Waals surface area contributed by atoms with Gasteiger partial charge in [0.25, 0.3) is 0 Å². The van der Waals surface area contributed by atoms with Crippen LogP contribution in [0.2, 0.25) is 0 Å². The Kier molecular flexibility index (Phi) is 7.63. The van der Waals surface area contributed by atoms with Crippen molar-refractivity contribution in [3.8, 4) is 0 Å². The lowest BCUT2D eigenvalue weighted by Gasteiger charge is -2.40. The largest absolute Gasteiger partial charge is 0.465 e. The molecule has 2 aliphatic rings. The number of hydrogen-bond donors (Lipinski definition) is 1. The molecule has 0 aromatic carbocycles. The zero-order valence-electron chi connectivity index (χ0n) is 14.1. The van der Waals surface area contributed by atoms with Gasteiger partial charge in [0.1, 0.15) is 0 Å². The van der Waals surface area contributed by atoms with Crippen molar-refractivity contribution in [3.05, 3.63) is 0 Å². The van der Waals surface area contributed by atoms with Gasteiger partial charge in [0.2, 0.25) is 0 Å². The average molecular weight is 311 g/mol. The first-order valence-electron chi connectivity index (χ1n) is 9.11. The normalized spacial score (nSPS) is 25.3. The molecule has 5 nitrogen and oxygen atoms in total. The molecule has 2 aliphatic heterocycles. The molecule has 0 aliphatic carbocycles. The highest BCUT2D eigenvalue weighted by molar-refractivity contribution is 5.72. The number of rotatable bonds is 7. The van der Waals surface area contributed by atoms with Crippen molar-refractivity contribution in [3.63, 3.8) is 0 Å². The van der Waals surface area contributed by atoms with E-state index in [1.54, 1.807) is 0 Å². The molecule has 1 atom stereocenters. The summed E-state index contributed by atoms with van der Waals surface area (Å²) in [5, 5.41) is 1.91. The number of hydrazine groups is 1. The van der Waals surface area contributed by atoms with Gasteiger partial charge in [-0.05, 0) is 38.6 Å². The van der Waals surface area contributed by atoms with E-state index < -0.39 is 0 Å². The van der Waals surface area contributed by atoms with Gasteiger partial charge in [-0.3, -0.25) is 15.5 Å². The van der Waals surface area contributed by atoms with Crippen LogP contribution < -0.4 is 5.84 Å². The monoisotopic (exact) mass is 311 g/mol. The number of nitrogens with zero attached hydrogens (tertiary/aromatic N) is 2. The zero-order valence-corrected chi connectivity index (χ0v) is 14.1. The third kappa shape index (κ3) is 5.52. The average Bonchev–Trinajstić information content (AvgIpc) is 2.55. The van der Waals surface area contributed by atoms with Gasteiger partial charge in [0.05, 0.1) is 12.5 Å². The van der Waals surface area contributed by atoms with E-state index in [-0.39, 0.29) is 11.9 Å². The Balaban J connectivity index is 1.69. The third-order valence-electron chi connectivity index (χ3n) is 5.04. The van der Waals surface area contributed by atoms with Gasteiger partial charge in [-0.1, -0.05) is 26.2 Å². The second-order valence-corrected chi connectivity index (χ2v) is 6.83. The molecule has 0 amide bonds. The van der Waals surface area contributed by atoms with Crippen LogP contribution in [0.25, 0.3) is 0 Å². The Morgan fingerprint density at radius 1 is 1.14 bits per heavy atom. The molecule has 0 saturated carbocycles. The molecule has 2 rings (SSSR count). The van der Waals surface area contributed by atoms with Crippen molar-refractivity contribution in [2.45, 2.75) is 64.3 Å². The number of carbonyl (C=O) groups is 1. The lowest BCUT2D eigenvalue weighted by atomic mass is 9.94. The van der Waals surface area contributed by atoms with E-state index in [9.17, 15) is 4.79 Å². The lowest BCUT2D eigenvalue weighted by molar-refractivity contribution is -0.151. The molecule has 5 heteroatoms. The maximum absolute atomic E-state index is 12.2. The van der Waals surface area contributed by atoms with Crippen molar-refractivity contribution < 1.29 is 9.53 Å². The molecular weight excluding hydrogens is 278 g/mol. The summed E-state index contributed by atoms with van der Waals surface area (Å²) >= 11 is 0. The van der Waals surface area contributed by atoms with Crippen molar-refractivity contribution >= 4 is 5.97 Å². The molecule has 2 saturated heterocycles. The van der Waals surface area contributed by atoms with Gasteiger partial charge in [0.15, 0.2) is 0 Å². The highest BCUT2D eigenvalue weighted by Crippen LogP contribution is 2.24. The second kappa shape index (κ2) is 9.48. The Labute approximate surface area is 135 Å². The summed E-state index contributed by atoms with van der Waals surface area (Å²) in [5.74, 6) is 5.94. The van der Waals surface area contributed by atoms with Crippen LogP contribution in [0.5, 0.6) is 0 Å². The molecule has 2 fully saturated rings. The predicted octanol–water partition coefficient (Wildman–Crippen LogP) is 2.16. The van der Waals surface area contributed by atoms with Gasteiger partial charge in [-0.15, -0.1) is 0 Å². The molecule has 2 N–H and O–H groups in total. The van der Waals surface area contributed by atoms with Gasteiger partial charge in [-0.2, -0.15) is 0 Å². The van der Waals surface area contributed by atoms with Crippen LogP contribution in [-0.2, 0) is 9.53 Å². The number of esters is 1. The summed E-state index contributed by atoms with van der Waals surface area (Å²) in [4.78, 5) is 14.7. The minimum Gasteiger partial charge on any atom is -0.465 e. The number of ether oxygens (including phenoxy) is 1. The fourth-order valence-corrected chi connectivity index (χ4v) is 3.60. The van der Waals surface area contributed by atoms with Crippen LogP contribution in [0, 0.1) is 5.92 Å². The first-order chi connectivity index (χ1) is 10.7. The predicted molar refractivity (Wildman–Crippen MR) is 88.2 cm³/mol. The van der Waals surface area contributed by atoms with E-state index in [0.29, 0.717) is 12.6 Å². The summed E-state index contributed by atoms with van der Waals surface area (Å²) in [7, 11) is 0.